The second-order valence-electron chi connectivity index (χ2n) is 1.32. The van der Waals surface area contributed by atoms with Crippen molar-refractivity contribution in [2.24, 2.45) is 16.5 Å². The molecule has 4 nitrogen and oxygen atoms in total. The van der Waals surface area contributed by atoms with Gasteiger partial charge in [0.1, 0.15) is 0 Å². The Morgan fingerprint density at radius 1 is 1.67 bits per heavy atom. The molecule has 0 aliphatic heterocycles. The highest BCUT2D eigenvalue weighted by Gasteiger charge is 1.74. The molecule has 0 fully saturated rings. The molecule has 0 bridgehead atoms. The number of aliphatic imine (C=N–C) groups is 1. The third-order valence-corrected chi connectivity index (χ3v) is 0.202. The van der Waals surface area contributed by atoms with Crippen molar-refractivity contribution < 1.29 is 4.79 Å². The molecule has 54 valence electrons. The molecule has 0 radical (unpaired) electrons. The number of primary amides is 1. The Morgan fingerprint density at radius 3 is 2.00 bits per heavy atom. The summed E-state index contributed by atoms with van der Waals surface area (Å²) in [6.45, 7) is 4.25. The maximum absolute atomic E-state index is 9.54. The van der Waals surface area contributed by atoms with Crippen LogP contribution < -0.4 is 11.5 Å². The van der Waals surface area contributed by atoms with Gasteiger partial charge in [-0.1, -0.05) is 20.3 Å². The summed E-state index contributed by atoms with van der Waals surface area (Å²) in [7, 11) is 0. The molecule has 0 aromatic rings. The predicted molar refractivity (Wildman–Crippen MR) is 38.2 cm³/mol. The lowest BCUT2D eigenvalue weighted by Gasteiger charge is -1.70. The maximum atomic E-state index is 9.54. The van der Waals surface area contributed by atoms with Crippen LogP contribution in [0.1, 0.15) is 20.3 Å². The minimum Gasteiger partial charge on any atom is -0.390 e. The number of carbonyl (C=O) groups excluding carboxylic acids is 1. The molecule has 0 saturated carbocycles. The van der Waals surface area contributed by atoms with Crippen LogP contribution in [0.3, 0.4) is 0 Å². The standard InChI is InChI=1S/C3H8.C2H5N3O/c1-3-2;3-1-5-2(4)6/h3H2,1-2H3;1H,(H4,3,4,5,6). The first-order valence-electron chi connectivity index (χ1n) is 2.72. The van der Waals surface area contributed by atoms with Gasteiger partial charge in [-0.15, -0.1) is 0 Å². The Bertz CT molecular complexity index is 90.2. The third-order valence-electron chi connectivity index (χ3n) is 0.202. The number of carbonyl (C=O) groups is 1. The van der Waals surface area contributed by atoms with Gasteiger partial charge in [0, 0.05) is 0 Å². The number of urea groups is 1. The predicted octanol–water partition coefficient (Wildman–Crippen LogP) is 0.468. The Balaban J connectivity index is 0. The van der Waals surface area contributed by atoms with Gasteiger partial charge in [-0.25, -0.2) is 4.79 Å². The zero-order chi connectivity index (χ0) is 7.70. The summed E-state index contributed by atoms with van der Waals surface area (Å²) in [5.74, 6) is 0. The summed E-state index contributed by atoms with van der Waals surface area (Å²) in [5, 5.41) is 0. The van der Waals surface area contributed by atoms with Crippen molar-refractivity contribution in [3.05, 3.63) is 0 Å². The Kier molecular flexibility index (Phi) is 12.1. The number of amides is 2. The summed E-state index contributed by atoms with van der Waals surface area (Å²) >= 11 is 0. The van der Waals surface area contributed by atoms with Crippen LogP contribution in [0.5, 0.6) is 0 Å². The first-order valence-corrected chi connectivity index (χ1v) is 2.72. The van der Waals surface area contributed by atoms with E-state index in [0.29, 0.717) is 0 Å². The van der Waals surface area contributed by atoms with E-state index < -0.39 is 6.03 Å². The maximum Gasteiger partial charge on any atom is 0.339 e. The van der Waals surface area contributed by atoms with E-state index in [9.17, 15) is 4.79 Å². The summed E-state index contributed by atoms with van der Waals surface area (Å²) in [6, 6.07) is -0.766. The van der Waals surface area contributed by atoms with Gasteiger partial charge in [0.05, 0.1) is 6.34 Å². The van der Waals surface area contributed by atoms with Crippen LogP contribution in [0.25, 0.3) is 0 Å². The summed E-state index contributed by atoms with van der Waals surface area (Å²) in [4.78, 5) is 12.5. The molecule has 0 aliphatic carbocycles. The zero-order valence-corrected chi connectivity index (χ0v) is 5.79. The number of nitrogens with zero attached hydrogens (tertiary/aromatic N) is 1. The first-order chi connectivity index (χ1) is 4.18. The van der Waals surface area contributed by atoms with Crippen molar-refractivity contribution in [2.45, 2.75) is 20.3 Å². The molecule has 0 rings (SSSR count). The number of nitrogens with two attached hydrogens (primary N) is 2. The average Bonchev–Trinajstić information content (AvgIpc) is 1.67. The van der Waals surface area contributed by atoms with E-state index in [1.54, 1.807) is 0 Å². The van der Waals surface area contributed by atoms with Gasteiger partial charge in [-0.2, -0.15) is 4.99 Å². The third kappa shape index (κ3) is 45.0. The average molecular weight is 131 g/mol. The summed E-state index contributed by atoms with van der Waals surface area (Å²) in [5.41, 5.74) is 9.12. The van der Waals surface area contributed by atoms with Crippen LogP contribution >= 0.6 is 0 Å². The molecule has 2 amide bonds. The van der Waals surface area contributed by atoms with Gasteiger partial charge in [-0.05, 0) is 0 Å². The van der Waals surface area contributed by atoms with Crippen molar-refractivity contribution in [1.29, 1.82) is 0 Å². The smallest absolute Gasteiger partial charge is 0.339 e. The van der Waals surface area contributed by atoms with Crippen LogP contribution in [0.2, 0.25) is 0 Å². The molecule has 0 unspecified atom stereocenters. The van der Waals surface area contributed by atoms with Crippen molar-refractivity contribution in [1.82, 2.24) is 0 Å². The molecule has 0 heterocycles. The van der Waals surface area contributed by atoms with Crippen LogP contribution in [-0.2, 0) is 0 Å². The van der Waals surface area contributed by atoms with Gasteiger partial charge in [0.15, 0.2) is 0 Å². The molecular formula is C5H13N3O. The summed E-state index contributed by atoms with van der Waals surface area (Å²) in [6.07, 6.45) is 2.10. The van der Waals surface area contributed by atoms with Gasteiger partial charge >= 0.3 is 6.03 Å². The van der Waals surface area contributed by atoms with Crippen molar-refractivity contribution >= 4 is 12.4 Å². The molecule has 9 heavy (non-hydrogen) atoms. The van der Waals surface area contributed by atoms with Crippen molar-refractivity contribution in [3.63, 3.8) is 0 Å². The highest BCUT2D eigenvalue weighted by Crippen LogP contribution is 1.56. The van der Waals surface area contributed by atoms with Gasteiger partial charge in [-0.3, -0.25) is 0 Å². The van der Waals surface area contributed by atoms with Gasteiger partial charge < -0.3 is 11.5 Å². The normalized spacial score (nSPS) is 8.22. The van der Waals surface area contributed by atoms with Crippen molar-refractivity contribution in [3.8, 4) is 0 Å². The topological polar surface area (TPSA) is 81.5 Å². The molecule has 0 aliphatic rings. The van der Waals surface area contributed by atoms with E-state index in [4.69, 9.17) is 0 Å². The Labute approximate surface area is 54.9 Å². The molecule has 0 spiro atoms. The lowest BCUT2D eigenvalue weighted by atomic mass is 10.6. The van der Waals surface area contributed by atoms with Crippen LogP contribution in [0.4, 0.5) is 4.79 Å². The molecule has 0 atom stereocenters. The number of hydrogen-bond acceptors (Lipinski definition) is 1. The fourth-order valence-electron chi connectivity index (χ4n) is 0.0735. The van der Waals surface area contributed by atoms with E-state index in [1.807, 2.05) is 0 Å². The fraction of sp³-hybridized carbons (Fsp3) is 0.600. The second kappa shape index (κ2) is 10.0. The van der Waals surface area contributed by atoms with E-state index in [-0.39, 0.29) is 0 Å². The van der Waals surface area contributed by atoms with Gasteiger partial charge in [0.2, 0.25) is 0 Å². The van der Waals surface area contributed by atoms with E-state index >= 15 is 0 Å². The molecule has 4 N–H and O–H groups in total. The highest BCUT2D eigenvalue weighted by atomic mass is 16.2. The van der Waals surface area contributed by atoms with Crippen LogP contribution in [0, 0.1) is 0 Å². The summed E-state index contributed by atoms with van der Waals surface area (Å²) < 4.78 is 0. The zero-order valence-electron chi connectivity index (χ0n) is 5.79. The minimum atomic E-state index is -0.766. The lowest BCUT2D eigenvalue weighted by Crippen LogP contribution is -2.05. The second-order valence-corrected chi connectivity index (χ2v) is 1.32. The van der Waals surface area contributed by atoms with Crippen LogP contribution in [0.15, 0.2) is 4.99 Å². The lowest BCUT2D eigenvalue weighted by molar-refractivity contribution is 0.257. The fourth-order valence-corrected chi connectivity index (χ4v) is 0.0735. The Hall–Kier alpha value is -1.06. The molecule has 0 saturated heterocycles. The molecular weight excluding hydrogens is 118 g/mol. The molecule has 0 aromatic carbocycles. The van der Waals surface area contributed by atoms with E-state index in [2.05, 4.69) is 30.3 Å². The SMILES string of the molecule is CCC.N/C=N\C(N)=O. The monoisotopic (exact) mass is 131 g/mol. The van der Waals surface area contributed by atoms with Crippen LogP contribution in [-0.4, -0.2) is 12.4 Å². The number of hydrogen-bond donors (Lipinski definition) is 2. The molecule has 0 aromatic heterocycles. The Morgan fingerprint density at radius 2 is 2.00 bits per heavy atom. The molecule has 4 heteroatoms. The van der Waals surface area contributed by atoms with Crippen molar-refractivity contribution in [2.75, 3.05) is 0 Å². The largest absolute Gasteiger partial charge is 0.390 e. The van der Waals surface area contributed by atoms with Gasteiger partial charge in [0.25, 0.3) is 0 Å². The first kappa shape index (κ1) is 10.8. The van der Waals surface area contributed by atoms with E-state index in [1.165, 1.54) is 6.42 Å². The quantitative estimate of drug-likeness (QED) is 0.370. The number of rotatable bonds is 0. The highest BCUT2D eigenvalue weighted by molar-refractivity contribution is 5.80. The minimum absolute atomic E-state index is 0.766. The van der Waals surface area contributed by atoms with E-state index in [0.717, 1.165) is 6.34 Å².